The Kier molecular flexibility index (Phi) is 3.94. The monoisotopic (exact) mass is 251 g/mol. The van der Waals surface area contributed by atoms with Crippen molar-refractivity contribution >= 4 is 6.34 Å². The third kappa shape index (κ3) is 3.78. The van der Waals surface area contributed by atoms with Crippen LogP contribution in [0.1, 0.15) is 40.5 Å². The van der Waals surface area contributed by atoms with Crippen molar-refractivity contribution in [2.75, 3.05) is 6.54 Å². The summed E-state index contributed by atoms with van der Waals surface area (Å²) in [6.45, 7) is 8.28. The molecule has 1 atom stereocenters. The van der Waals surface area contributed by atoms with Crippen LogP contribution in [0.2, 0.25) is 0 Å². The normalized spacial score (nSPS) is 21.5. The third-order valence-electron chi connectivity index (χ3n) is 2.53. The van der Waals surface area contributed by atoms with Crippen LogP contribution in [0.3, 0.4) is 0 Å². The maximum Gasteiger partial charge on any atom is 0.487 e. The Hall–Kier alpha value is -0.940. The molecular formula is C11H20F3N3. The van der Waals surface area contributed by atoms with Crippen molar-refractivity contribution in [3.8, 4) is 0 Å². The molecule has 100 valence electrons. The largest absolute Gasteiger partial charge is 0.487 e. The quantitative estimate of drug-likeness (QED) is 0.717. The predicted molar refractivity (Wildman–Crippen MR) is 61.2 cm³/mol. The molecule has 6 heteroatoms. The summed E-state index contributed by atoms with van der Waals surface area (Å²) in [5, 5.41) is 5.38. The van der Waals surface area contributed by atoms with Crippen molar-refractivity contribution in [1.29, 1.82) is 0 Å². The molecule has 0 bridgehead atoms. The van der Waals surface area contributed by atoms with Crippen molar-refractivity contribution in [1.82, 2.24) is 9.91 Å². The minimum Gasteiger partial charge on any atom is -0.273 e. The predicted octanol–water partition coefficient (Wildman–Crippen LogP) is 3.24. The number of nitrogens with zero attached hydrogens (tertiary/aromatic N) is 3. The topological polar surface area (TPSA) is 18.8 Å². The Labute approximate surface area is 100 Å². The van der Waals surface area contributed by atoms with Crippen molar-refractivity contribution in [3.63, 3.8) is 0 Å². The molecule has 1 aliphatic heterocycles. The van der Waals surface area contributed by atoms with Gasteiger partial charge in [-0.3, -0.25) is 9.91 Å². The summed E-state index contributed by atoms with van der Waals surface area (Å²) in [6.07, 6.45) is -2.97. The van der Waals surface area contributed by atoms with Gasteiger partial charge in [-0.2, -0.15) is 5.10 Å². The molecule has 0 saturated heterocycles. The standard InChI is InChI=1S/C11H20F3N3/c1-5-6-17-9(7-10(2,3)4)16(8-15-17)11(12,13)14/h8-9H,5-7H2,1-4H3. The van der Waals surface area contributed by atoms with Gasteiger partial charge in [0.05, 0.1) is 0 Å². The van der Waals surface area contributed by atoms with Crippen molar-refractivity contribution < 1.29 is 13.2 Å². The summed E-state index contributed by atoms with van der Waals surface area (Å²) in [5.74, 6) is 0. The van der Waals surface area contributed by atoms with Crippen LogP contribution >= 0.6 is 0 Å². The molecule has 1 aliphatic rings. The lowest BCUT2D eigenvalue weighted by Gasteiger charge is -2.35. The van der Waals surface area contributed by atoms with Gasteiger partial charge in [-0.1, -0.05) is 27.7 Å². The summed E-state index contributed by atoms with van der Waals surface area (Å²) in [7, 11) is 0. The maximum atomic E-state index is 12.8. The van der Waals surface area contributed by atoms with Gasteiger partial charge in [0, 0.05) is 6.54 Å². The lowest BCUT2D eigenvalue weighted by Crippen LogP contribution is -2.48. The van der Waals surface area contributed by atoms with Crippen molar-refractivity contribution in [2.45, 2.75) is 53.0 Å². The second-order valence-corrected chi connectivity index (χ2v) is 5.51. The first-order valence-corrected chi connectivity index (χ1v) is 5.81. The van der Waals surface area contributed by atoms with Gasteiger partial charge in [0.2, 0.25) is 0 Å². The smallest absolute Gasteiger partial charge is 0.273 e. The first-order valence-electron chi connectivity index (χ1n) is 5.81. The molecule has 0 saturated carbocycles. The minimum absolute atomic E-state index is 0.173. The Bertz CT molecular complexity index is 281. The van der Waals surface area contributed by atoms with E-state index in [-0.39, 0.29) is 5.41 Å². The van der Waals surface area contributed by atoms with Gasteiger partial charge in [0.1, 0.15) is 12.5 Å². The van der Waals surface area contributed by atoms with Crippen molar-refractivity contribution in [3.05, 3.63) is 0 Å². The van der Waals surface area contributed by atoms with E-state index >= 15 is 0 Å². The van der Waals surface area contributed by atoms with E-state index < -0.39 is 12.5 Å². The van der Waals surface area contributed by atoms with E-state index in [4.69, 9.17) is 0 Å². The molecule has 0 fully saturated rings. The van der Waals surface area contributed by atoms with Crippen LogP contribution in [-0.4, -0.2) is 35.3 Å². The highest BCUT2D eigenvalue weighted by Gasteiger charge is 2.46. The van der Waals surface area contributed by atoms with Crippen LogP contribution in [-0.2, 0) is 0 Å². The summed E-state index contributed by atoms with van der Waals surface area (Å²) in [5.41, 5.74) is -0.173. The van der Waals surface area contributed by atoms with Gasteiger partial charge in [-0.15, -0.1) is 13.2 Å². The van der Waals surface area contributed by atoms with E-state index in [1.165, 1.54) is 5.01 Å². The van der Waals surface area contributed by atoms with E-state index in [9.17, 15) is 13.2 Å². The number of rotatable bonds is 3. The van der Waals surface area contributed by atoms with E-state index in [0.29, 0.717) is 17.9 Å². The van der Waals surface area contributed by atoms with E-state index in [0.717, 1.165) is 12.8 Å². The highest BCUT2D eigenvalue weighted by Crippen LogP contribution is 2.33. The highest BCUT2D eigenvalue weighted by atomic mass is 19.4. The van der Waals surface area contributed by atoms with Crippen LogP contribution in [0.25, 0.3) is 0 Å². The molecule has 17 heavy (non-hydrogen) atoms. The molecule has 0 aliphatic carbocycles. The van der Waals surface area contributed by atoms with Crippen LogP contribution in [0.4, 0.5) is 13.2 Å². The fraction of sp³-hybridized carbons (Fsp3) is 0.909. The Morgan fingerprint density at radius 2 is 1.82 bits per heavy atom. The fourth-order valence-electron chi connectivity index (χ4n) is 1.84. The second kappa shape index (κ2) is 4.74. The number of hydrazone groups is 1. The van der Waals surface area contributed by atoms with Gasteiger partial charge >= 0.3 is 6.30 Å². The average Bonchev–Trinajstić information content (AvgIpc) is 2.45. The first kappa shape index (κ1) is 14.1. The zero-order valence-electron chi connectivity index (χ0n) is 10.8. The fourth-order valence-corrected chi connectivity index (χ4v) is 1.84. The zero-order chi connectivity index (χ0) is 13.3. The van der Waals surface area contributed by atoms with Crippen LogP contribution < -0.4 is 0 Å². The molecule has 0 aromatic carbocycles. The Morgan fingerprint density at radius 3 is 2.24 bits per heavy atom. The van der Waals surface area contributed by atoms with Gasteiger partial charge in [-0.05, 0) is 18.3 Å². The first-order chi connectivity index (χ1) is 7.65. The minimum atomic E-state index is -4.36. The van der Waals surface area contributed by atoms with Crippen LogP contribution in [0.15, 0.2) is 5.10 Å². The number of alkyl halides is 3. The Morgan fingerprint density at radius 1 is 1.24 bits per heavy atom. The van der Waals surface area contributed by atoms with Gasteiger partial charge in [0.15, 0.2) is 0 Å². The zero-order valence-corrected chi connectivity index (χ0v) is 10.8. The molecule has 0 aromatic heterocycles. The molecule has 0 N–H and O–H groups in total. The molecule has 1 unspecified atom stereocenters. The molecule has 1 rings (SSSR count). The van der Waals surface area contributed by atoms with E-state index in [1.54, 1.807) is 0 Å². The van der Waals surface area contributed by atoms with E-state index in [2.05, 4.69) is 5.10 Å². The Balaban J connectivity index is 2.82. The molecule has 0 aromatic rings. The summed E-state index contributed by atoms with van der Waals surface area (Å²) in [4.78, 5) is 0.397. The summed E-state index contributed by atoms with van der Waals surface area (Å²) >= 11 is 0. The molecule has 1 heterocycles. The molecule has 0 amide bonds. The molecular weight excluding hydrogens is 231 g/mol. The number of halogens is 3. The van der Waals surface area contributed by atoms with Gasteiger partial charge in [-0.25, -0.2) is 0 Å². The lowest BCUT2D eigenvalue weighted by molar-refractivity contribution is -0.237. The van der Waals surface area contributed by atoms with Crippen molar-refractivity contribution in [2.24, 2.45) is 10.5 Å². The van der Waals surface area contributed by atoms with Crippen LogP contribution in [0, 0.1) is 5.41 Å². The third-order valence-corrected chi connectivity index (χ3v) is 2.53. The summed E-state index contributed by atoms with van der Waals surface area (Å²) < 4.78 is 38.4. The summed E-state index contributed by atoms with van der Waals surface area (Å²) in [6, 6.07) is 0. The number of hydrogen-bond acceptors (Lipinski definition) is 3. The highest BCUT2D eigenvalue weighted by molar-refractivity contribution is 5.57. The SMILES string of the molecule is CCCN1N=CN(C(F)(F)F)C1CC(C)(C)C. The van der Waals surface area contributed by atoms with E-state index in [1.807, 2.05) is 27.7 Å². The van der Waals surface area contributed by atoms with Gasteiger partial charge in [0.25, 0.3) is 0 Å². The second-order valence-electron chi connectivity index (χ2n) is 5.51. The van der Waals surface area contributed by atoms with Crippen LogP contribution in [0.5, 0.6) is 0 Å². The average molecular weight is 251 g/mol. The molecule has 3 nitrogen and oxygen atoms in total. The number of hydrogen-bond donors (Lipinski definition) is 0. The molecule has 0 spiro atoms. The van der Waals surface area contributed by atoms with Gasteiger partial charge < -0.3 is 0 Å². The lowest BCUT2D eigenvalue weighted by atomic mass is 9.90. The maximum absolute atomic E-state index is 12.8. The molecule has 0 radical (unpaired) electrons.